The minimum Gasteiger partial charge on any atom is -0.378 e. The van der Waals surface area contributed by atoms with Gasteiger partial charge in [-0.25, -0.2) is 0 Å². The molecule has 0 saturated carbocycles. The van der Waals surface area contributed by atoms with Crippen LogP contribution in [0.5, 0.6) is 0 Å². The summed E-state index contributed by atoms with van der Waals surface area (Å²) in [7, 11) is -8.83. The van der Waals surface area contributed by atoms with Crippen molar-refractivity contribution in [3.8, 4) is 0 Å². The van der Waals surface area contributed by atoms with Crippen LogP contribution in [0.15, 0.2) is 0 Å². The summed E-state index contributed by atoms with van der Waals surface area (Å²) in [6, 6.07) is -0.440. The monoisotopic (exact) mass is 389 g/mol. The van der Waals surface area contributed by atoms with E-state index in [0.717, 1.165) is 4.90 Å². The molecule has 0 amide bonds. The first kappa shape index (κ1) is 24.2. The molecule has 0 aromatic heterocycles. The third-order valence-electron chi connectivity index (χ3n) is 4.14. The van der Waals surface area contributed by atoms with Crippen LogP contribution in [-0.2, 0) is 13.9 Å². The van der Waals surface area contributed by atoms with Gasteiger partial charge in [-0.2, -0.15) is 0 Å². The van der Waals surface area contributed by atoms with E-state index in [-0.39, 0.29) is 11.5 Å². The van der Waals surface area contributed by atoms with Gasteiger partial charge in [0.2, 0.25) is 0 Å². The predicted molar refractivity (Wildman–Crippen MR) is 93.8 cm³/mol. The highest BCUT2D eigenvalue weighted by molar-refractivity contribution is 7.52. The van der Waals surface area contributed by atoms with Gasteiger partial charge in [0, 0.05) is 12.6 Å². The van der Waals surface area contributed by atoms with Crippen LogP contribution in [0.3, 0.4) is 0 Å². The molecule has 0 aromatic rings. The average Bonchev–Trinajstić information content (AvgIpc) is 2.30. The zero-order valence-electron chi connectivity index (χ0n) is 15.4. The second-order valence-corrected chi connectivity index (χ2v) is 10.9. The molecular weight excluding hydrogens is 356 g/mol. The summed E-state index contributed by atoms with van der Waals surface area (Å²) >= 11 is 0. The highest BCUT2D eigenvalue weighted by Gasteiger charge is 2.30. The van der Waals surface area contributed by atoms with Gasteiger partial charge >= 0.3 is 15.2 Å². The maximum absolute atomic E-state index is 11.2. The van der Waals surface area contributed by atoms with E-state index >= 15 is 0 Å². The van der Waals surface area contributed by atoms with Gasteiger partial charge in [-0.1, -0.05) is 27.7 Å². The first-order chi connectivity index (χ1) is 10.5. The van der Waals surface area contributed by atoms with Gasteiger partial charge in [-0.05, 0) is 31.6 Å². The Morgan fingerprint density at radius 2 is 1.38 bits per heavy atom. The quantitative estimate of drug-likeness (QED) is 0.420. The van der Waals surface area contributed by atoms with Crippen LogP contribution in [0.4, 0.5) is 0 Å². The van der Waals surface area contributed by atoms with Crippen molar-refractivity contribution in [2.45, 2.75) is 60.1 Å². The van der Waals surface area contributed by atoms with E-state index in [9.17, 15) is 9.13 Å². The topological polar surface area (TPSA) is 128 Å². The van der Waals surface area contributed by atoms with Gasteiger partial charge < -0.3 is 24.3 Å². The summed E-state index contributed by atoms with van der Waals surface area (Å²) in [5, 5.41) is 0. The van der Waals surface area contributed by atoms with Gasteiger partial charge in [0.25, 0.3) is 0 Å². The molecule has 0 radical (unpaired) electrons. The molecular formula is C14H33NO7P2. The SMILES string of the molecule is CC(CC(C)N(CP(=O)(O)O)CP(=O)(O)O)OCC(C)C(C)(C)C. The molecule has 0 aliphatic heterocycles. The number of nitrogens with zero attached hydrogens (tertiary/aromatic N) is 1. The summed E-state index contributed by atoms with van der Waals surface area (Å²) in [6.45, 7) is 12.5. The molecule has 0 aliphatic rings. The lowest BCUT2D eigenvalue weighted by Crippen LogP contribution is -2.37. The van der Waals surface area contributed by atoms with Gasteiger partial charge in [0.15, 0.2) is 0 Å². The van der Waals surface area contributed by atoms with Crippen LogP contribution < -0.4 is 0 Å². The highest BCUT2D eigenvalue weighted by Crippen LogP contribution is 2.42. The van der Waals surface area contributed by atoms with Gasteiger partial charge in [0.05, 0.1) is 6.10 Å². The van der Waals surface area contributed by atoms with E-state index in [4.69, 9.17) is 24.3 Å². The second-order valence-electron chi connectivity index (χ2n) is 7.70. The normalized spacial score (nSPS) is 17.8. The molecule has 146 valence electrons. The van der Waals surface area contributed by atoms with E-state index in [0.29, 0.717) is 18.9 Å². The van der Waals surface area contributed by atoms with Crippen LogP contribution >= 0.6 is 15.2 Å². The summed E-state index contributed by atoms with van der Waals surface area (Å²) in [6.07, 6.45) is -1.16. The van der Waals surface area contributed by atoms with E-state index in [1.807, 2.05) is 6.92 Å². The van der Waals surface area contributed by atoms with Crippen molar-refractivity contribution in [1.29, 1.82) is 0 Å². The minimum atomic E-state index is -4.42. The lowest BCUT2D eigenvalue weighted by Gasteiger charge is -2.32. The fraction of sp³-hybridized carbons (Fsp3) is 1.00. The molecule has 0 spiro atoms. The summed E-state index contributed by atoms with van der Waals surface area (Å²) in [5.74, 6) is 0.330. The Morgan fingerprint density at radius 3 is 1.71 bits per heavy atom. The summed E-state index contributed by atoms with van der Waals surface area (Å²) in [5.41, 5.74) is 0.109. The molecule has 8 nitrogen and oxygen atoms in total. The number of rotatable bonds is 10. The molecule has 4 N–H and O–H groups in total. The van der Waals surface area contributed by atoms with E-state index in [1.165, 1.54) is 0 Å². The summed E-state index contributed by atoms with van der Waals surface area (Å²) < 4.78 is 28.2. The summed E-state index contributed by atoms with van der Waals surface area (Å²) in [4.78, 5) is 37.6. The number of ether oxygens (including phenoxy) is 1. The van der Waals surface area contributed by atoms with Crippen LogP contribution in [0, 0.1) is 11.3 Å². The van der Waals surface area contributed by atoms with Crippen molar-refractivity contribution in [1.82, 2.24) is 4.90 Å². The standard InChI is InChI=1S/C14H33NO7P2/c1-11(14(4,5)6)8-22-13(3)7-12(2)15(9-23(16,17)18)10-24(19,20)21/h11-13H,7-10H2,1-6H3,(H2,16,17,18)(H2,19,20,21). The Hall–Kier alpha value is 0.220. The van der Waals surface area contributed by atoms with Gasteiger partial charge in [-0.15, -0.1) is 0 Å². The molecule has 0 rings (SSSR count). The maximum Gasteiger partial charge on any atom is 0.339 e. The Kier molecular flexibility index (Phi) is 9.33. The van der Waals surface area contributed by atoms with E-state index in [2.05, 4.69) is 27.7 Å². The molecule has 3 unspecified atom stereocenters. The van der Waals surface area contributed by atoms with Crippen molar-refractivity contribution >= 4 is 15.2 Å². The Labute approximate surface area is 144 Å². The van der Waals surface area contributed by atoms with Gasteiger partial charge in [-0.3, -0.25) is 14.0 Å². The lowest BCUT2D eigenvalue weighted by atomic mass is 9.83. The van der Waals surface area contributed by atoms with Crippen LogP contribution in [-0.4, -0.2) is 55.8 Å². The van der Waals surface area contributed by atoms with Crippen molar-refractivity contribution in [3.05, 3.63) is 0 Å². The number of hydrogen-bond acceptors (Lipinski definition) is 4. The third-order valence-corrected chi connectivity index (χ3v) is 5.60. The largest absolute Gasteiger partial charge is 0.378 e. The first-order valence-corrected chi connectivity index (χ1v) is 11.6. The zero-order valence-corrected chi connectivity index (χ0v) is 17.2. The minimum absolute atomic E-state index is 0.109. The molecule has 0 aromatic carbocycles. The molecule has 0 fully saturated rings. The molecule has 3 atom stereocenters. The van der Waals surface area contributed by atoms with E-state index in [1.54, 1.807) is 6.92 Å². The van der Waals surface area contributed by atoms with Crippen molar-refractivity contribution in [2.75, 3.05) is 19.2 Å². The zero-order chi connectivity index (χ0) is 19.3. The van der Waals surface area contributed by atoms with E-state index < -0.39 is 33.8 Å². The molecule has 0 heterocycles. The van der Waals surface area contributed by atoms with Crippen molar-refractivity contribution in [3.63, 3.8) is 0 Å². The Balaban J connectivity index is 4.71. The molecule has 0 saturated heterocycles. The molecule has 0 aliphatic carbocycles. The first-order valence-electron chi connectivity index (χ1n) is 7.96. The number of hydrogen-bond donors (Lipinski definition) is 4. The fourth-order valence-electron chi connectivity index (χ4n) is 2.05. The van der Waals surface area contributed by atoms with Crippen LogP contribution in [0.1, 0.15) is 48.0 Å². The maximum atomic E-state index is 11.2. The molecule has 24 heavy (non-hydrogen) atoms. The Bertz CT molecular complexity index is 444. The van der Waals surface area contributed by atoms with Crippen molar-refractivity contribution < 1.29 is 33.4 Å². The molecule has 0 bridgehead atoms. The smallest absolute Gasteiger partial charge is 0.339 e. The molecule has 10 heteroatoms. The van der Waals surface area contributed by atoms with Crippen LogP contribution in [0.2, 0.25) is 0 Å². The van der Waals surface area contributed by atoms with Gasteiger partial charge in [0.1, 0.15) is 12.6 Å². The second kappa shape index (κ2) is 9.24. The fourth-order valence-corrected chi connectivity index (χ4v) is 3.91. The predicted octanol–water partition coefficient (Wildman–Crippen LogP) is 2.42. The average molecular weight is 389 g/mol. The third kappa shape index (κ3) is 11.7. The highest BCUT2D eigenvalue weighted by atomic mass is 31.2. The Morgan fingerprint density at radius 1 is 0.958 bits per heavy atom. The lowest BCUT2D eigenvalue weighted by molar-refractivity contribution is 0.00209. The van der Waals surface area contributed by atoms with Crippen LogP contribution in [0.25, 0.3) is 0 Å². The van der Waals surface area contributed by atoms with Crippen molar-refractivity contribution in [2.24, 2.45) is 11.3 Å².